The van der Waals surface area contributed by atoms with E-state index in [1.165, 1.54) is 22.3 Å². The van der Waals surface area contributed by atoms with E-state index >= 15 is 0 Å². The molecule has 0 atom stereocenters. The van der Waals surface area contributed by atoms with Gasteiger partial charge in [0.05, 0.1) is 11.4 Å². The molecule has 0 aliphatic rings. The van der Waals surface area contributed by atoms with Crippen molar-refractivity contribution < 1.29 is 4.42 Å². The van der Waals surface area contributed by atoms with E-state index in [1.807, 2.05) is 12.1 Å². The molecule has 1 aromatic heterocycles. The molecular weight excluding hydrogens is 571 g/mol. The van der Waals surface area contributed by atoms with Gasteiger partial charge < -0.3 is 9.32 Å². The Morgan fingerprint density at radius 1 is 0.404 bits per heavy atom. The molecule has 0 spiro atoms. The molecule has 0 N–H and O–H groups in total. The zero-order valence-corrected chi connectivity index (χ0v) is 26.2. The molecule has 0 radical (unpaired) electrons. The second kappa shape index (κ2) is 12.3. The van der Waals surface area contributed by atoms with Crippen LogP contribution in [0, 0.1) is 6.92 Å². The van der Waals surface area contributed by atoms with Crippen LogP contribution >= 0.6 is 0 Å². The Labute approximate surface area is 275 Å². The SMILES string of the molecule is Cc1c(-c2cccc(-c3ccc(N(c4ccccc4-c4ccccc4)c4ccccc4-c4ccccc4)cc3)c2)oc2ccccc12. The van der Waals surface area contributed by atoms with Crippen molar-refractivity contribution in [2.24, 2.45) is 0 Å². The fourth-order valence-electron chi connectivity index (χ4n) is 6.56. The number of anilines is 3. The maximum absolute atomic E-state index is 6.31. The summed E-state index contributed by atoms with van der Waals surface area (Å²) >= 11 is 0. The summed E-state index contributed by atoms with van der Waals surface area (Å²) in [6.07, 6.45) is 0. The van der Waals surface area contributed by atoms with Gasteiger partial charge in [0, 0.05) is 33.3 Å². The van der Waals surface area contributed by atoms with Crippen LogP contribution in [0.15, 0.2) is 186 Å². The van der Waals surface area contributed by atoms with Crippen molar-refractivity contribution in [2.45, 2.75) is 6.92 Å². The number of para-hydroxylation sites is 3. The lowest BCUT2D eigenvalue weighted by molar-refractivity contribution is 0.629. The maximum atomic E-state index is 6.31. The predicted molar refractivity (Wildman–Crippen MR) is 197 cm³/mol. The first-order valence-corrected chi connectivity index (χ1v) is 16.0. The highest BCUT2D eigenvalue weighted by molar-refractivity contribution is 5.94. The summed E-state index contributed by atoms with van der Waals surface area (Å²) in [5, 5.41) is 1.16. The Bertz CT molecular complexity index is 2220. The number of hydrogen-bond acceptors (Lipinski definition) is 2. The largest absolute Gasteiger partial charge is 0.456 e. The molecule has 7 aromatic carbocycles. The molecule has 0 unspecified atom stereocenters. The van der Waals surface area contributed by atoms with Gasteiger partial charge in [0.1, 0.15) is 11.3 Å². The van der Waals surface area contributed by atoms with Gasteiger partial charge in [-0.1, -0.05) is 146 Å². The monoisotopic (exact) mass is 603 g/mol. The zero-order chi connectivity index (χ0) is 31.6. The van der Waals surface area contributed by atoms with E-state index in [0.29, 0.717) is 0 Å². The molecule has 47 heavy (non-hydrogen) atoms. The van der Waals surface area contributed by atoms with Gasteiger partial charge in [-0.3, -0.25) is 0 Å². The van der Waals surface area contributed by atoms with Crippen LogP contribution in [0.2, 0.25) is 0 Å². The lowest BCUT2D eigenvalue weighted by Gasteiger charge is -2.30. The molecule has 2 nitrogen and oxygen atoms in total. The van der Waals surface area contributed by atoms with Gasteiger partial charge in [-0.15, -0.1) is 0 Å². The predicted octanol–water partition coefficient (Wildman–Crippen LogP) is 12.9. The smallest absolute Gasteiger partial charge is 0.138 e. The first-order chi connectivity index (χ1) is 23.2. The van der Waals surface area contributed by atoms with Crippen LogP contribution in [0.1, 0.15) is 5.56 Å². The highest BCUT2D eigenvalue weighted by Crippen LogP contribution is 2.45. The van der Waals surface area contributed by atoms with Gasteiger partial charge in [0.15, 0.2) is 0 Å². The number of hydrogen-bond donors (Lipinski definition) is 0. The van der Waals surface area contributed by atoms with Crippen LogP contribution in [0.3, 0.4) is 0 Å². The molecule has 0 bridgehead atoms. The first kappa shape index (κ1) is 28.4. The molecule has 0 fully saturated rings. The molecule has 0 saturated heterocycles. The summed E-state index contributed by atoms with van der Waals surface area (Å²) in [6, 6.07) is 64.4. The van der Waals surface area contributed by atoms with Crippen LogP contribution in [0.5, 0.6) is 0 Å². The summed E-state index contributed by atoms with van der Waals surface area (Å²) in [5.41, 5.74) is 13.5. The van der Waals surface area contributed by atoms with Crippen LogP contribution in [0.25, 0.3) is 55.7 Å². The van der Waals surface area contributed by atoms with Gasteiger partial charge >= 0.3 is 0 Å². The number of rotatable bonds is 7. The standard InChI is InChI=1S/C45H33NO/c1-32-39-21-10-13-26-44(39)47-45(32)37-20-14-19-36(31-37)33-27-29-38(30-28-33)46(42-24-11-8-22-40(42)34-15-4-2-5-16-34)43-25-12-9-23-41(43)35-17-6-3-7-18-35/h2-31H,1H3. The second-order valence-corrected chi connectivity index (χ2v) is 11.8. The van der Waals surface area contributed by atoms with Crippen molar-refractivity contribution in [2.75, 3.05) is 4.90 Å². The summed E-state index contributed by atoms with van der Waals surface area (Å²) < 4.78 is 6.31. The molecule has 0 saturated carbocycles. The minimum absolute atomic E-state index is 0.918. The van der Waals surface area contributed by atoms with E-state index in [1.54, 1.807) is 0 Å². The quantitative estimate of drug-likeness (QED) is 0.180. The number of furan rings is 1. The van der Waals surface area contributed by atoms with E-state index < -0.39 is 0 Å². The highest BCUT2D eigenvalue weighted by Gasteiger charge is 2.20. The minimum atomic E-state index is 0.918. The fraction of sp³-hybridized carbons (Fsp3) is 0.0222. The van der Waals surface area contributed by atoms with Crippen molar-refractivity contribution >= 4 is 28.0 Å². The van der Waals surface area contributed by atoms with Gasteiger partial charge in [-0.2, -0.15) is 0 Å². The summed E-state index contributed by atoms with van der Waals surface area (Å²) in [7, 11) is 0. The molecule has 0 aliphatic heterocycles. The number of fused-ring (bicyclic) bond motifs is 1. The third kappa shape index (κ3) is 5.41. The average Bonchev–Trinajstić information content (AvgIpc) is 3.49. The Hall–Kier alpha value is -6.12. The van der Waals surface area contributed by atoms with Crippen molar-refractivity contribution in [1.82, 2.24) is 0 Å². The third-order valence-corrected chi connectivity index (χ3v) is 8.89. The lowest BCUT2D eigenvalue weighted by Crippen LogP contribution is -2.12. The number of benzene rings is 7. The molecule has 2 heteroatoms. The Balaban J connectivity index is 1.24. The normalized spacial score (nSPS) is 11.1. The Kier molecular flexibility index (Phi) is 7.45. The van der Waals surface area contributed by atoms with Crippen LogP contribution in [-0.4, -0.2) is 0 Å². The molecule has 0 aliphatic carbocycles. The van der Waals surface area contributed by atoms with Crippen LogP contribution in [0.4, 0.5) is 17.1 Å². The van der Waals surface area contributed by atoms with Gasteiger partial charge in [0.2, 0.25) is 0 Å². The minimum Gasteiger partial charge on any atom is -0.456 e. The van der Waals surface area contributed by atoms with Crippen molar-refractivity contribution in [3.05, 3.63) is 188 Å². The summed E-state index contributed by atoms with van der Waals surface area (Å²) in [6.45, 7) is 2.14. The number of aryl methyl sites for hydroxylation is 1. The van der Waals surface area contributed by atoms with Gasteiger partial charge in [-0.05, 0) is 65.6 Å². The fourth-order valence-corrected chi connectivity index (χ4v) is 6.56. The summed E-state index contributed by atoms with van der Waals surface area (Å²) in [5.74, 6) is 0.922. The van der Waals surface area contributed by atoms with Crippen molar-refractivity contribution in [1.29, 1.82) is 0 Å². The van der Waals surface area contributed by atoms with E-state index in [4.69, 9.17) is 4.42 Å². The topological polar surface area (TPSA) is 16.4 Å². The third-order valence-electron chi connectivity index (χ3n) is 8.89. The average molecular weight is 604 g/mol. The molecule has 224 valence electrons. The molecule has 8 aromatic rings. The first-order valence-electron chi connectivity index (χ1n) is 16.0. The molecule has 8 rings (SSSR count). The number of nitrogens with zero attached hydrogens (tertiary/aromatic N) is 1. The van der Waals surface area contributed by atoms with E-state index in [2.05, 4.69) is 182 Å². The van der Waals surface area contributed by atoms with Gasteiger partial charge in [0.25, 0.3) is 0 Å². The lowest BCUT2D eigenvalue weighted by atomic mass is 9.98. The van der Waals surface area contributed by atoms with Crippen molar-refractivity contribution in [3.63, 3.8) is 0 Å². The van der Waals surface area contributed by atoms with Gasteiger partial charge in [-0.25, -0.2) is 0 Å². The second-order valence-electron chi connectivity index (χ2n) is 11.8. The molecule has 0 amide bonds. The zero-order valence-electron chi connectivity index (χ0n) is 26.2. The van der Waals surface area contributed by atoms with E-state index in [9.17, 15) is 0 Å². The highest BCUT2D eigenvalue weighted by atomic mass is 16.3. The Morgan fingerprint density at radius 3 is 1.53 bits per heavy atom. The van der Waals surface area contributed by atoms with Crippen LogP contribution in [-0.2, 0) is 0 Å². The van der Waals surface area contributed by atoms with Crippen LogP contribution < -0.4 is 4.90 Å². The van der Waals surface area contributed by atoms with E-state index in [-0.39, 0.29) is 0 Å². The van der Waals surface area contributed by atoms with Crippen molar-refractivity contribution in [3.8, 4) is 44.7 Å². The summed E-state index contributed by atoms with van der Waals surface area (Å²) in [4.78, 5) is 2.39. The molecule has 1 heterocycles. The Morgan fingerprint density at radius 2 is 0.915 bits per heavy atom. The maximum Gasteiger partial charge on any atom is 0.138 e. The molecular formula is C45H33NO. The van der Waals surface area contributed by atoms with E-state index in [0.717, 1.165) is 56.0 Å².